The summed E-state index contributed by atoms with van der Waals surface area (Å²) in [5.74, 6) is -0.247. The molecule has 0 saturated heterocycles. The molecule has 0 amide bonds. The van der Waals surface area contributed by atoms with E-state index in [0.717, 1.165) is 4.68 Å². The van der Waals surface area contributed by atoms with Crippen LogP contribution in [0.25, 0.3) is 5.69 Å². The summed E-state index contributed by atoms with van der Waals surface area (Å²) in [6, 6.07) is 2.71. The van der Waals surface area contributed by atoms with Gasteiger partial charge in [-0.05, 0) is 23.9 Å². The SMILES string of the molecule is COC(CCN(C)c1c(SC(F)(F)F)c(C#N)nn1-c1c(Cl)cc(C(F)(F)F)cc1Cl)OC. The van der Waals surface area contributed by atoms with Crippen LogP contribution >= 0.6 is 35.0 Å². The van der Waals surface area contributed by atoms with Crippen LogP contribution in [0.1, 0.15) is 17.7 Å². The Hall–Kier alpha value is -1.85. The third kappa shape index (κ3) is 6.60. The number of ether oxygens (including phenoxy) is 2. The minimum absolute atomic E-state index is 0.0597. The molecule has 0 spiro atoms. The molecule has 0 unspecified atom stereocenters. The number of alkyl halides is 6. The van der Waals surface area contributed by atoms with Crippen LogP contribution in [0.5, 0.6) is 0 Å². The number of halogens is 8. The summed E-state index contributed by atoms with van der Waals surface area (Å²) in [6.07, 6.45) is -5.25. The van der Waals surface area contributed by atoms with Gasteiger partial charge in [0.05, 0.1) is 20.5 Å². The largest absolute Gasteiger partial charge is 0.446 e. The van der Waals surface area contributed by atoms with Gasteiger partial charge in [-0.3, -0.25) is 0 Å². The van der Waals surface area contributed by atoms with E-state index in [1.165, 1.54) is 26.2 Å². The first-order valence-corrected chi connectivity index (χ1v) is 10.4. The lowest BCUT2D eigenvalue weighted by atomic mass is 10.2. The molecular weight excluding hydrogens is 521 g/mol. The third-order valence-corrected chi connectivity index (χ3v) is 5.67. The van der Waals surface area contributed by atoms with Crippen LogP contribution in [-0.2, 0) is 15.7 Å². The molecule has 2 aromatic rings. The van der Waals surface area contributed by atoms with E-state index in [1.54, 1.807) is 6.07 Å². The number of hydrogen-bond donors (Lipinski definition) is 0. The molecule has 15 heteroatoms. The molecule has 6 nitrogen and oxygen atoms in total. The molecule has 1 aromatic heterocycles. The summed E-state index contributed by atoms with van der Waals surface area (Å²) >= 11 is 11.5. The third-order valence-electron chi connectivity index (χ3n) is 4.29. The molecule has 0 fully saturated rings. The van der Waals surface area contributed by atoms with Crippen molar-refractivity contribution in [2.24, 2.45) is 0 Å². The Morgan fingerprint density at radius 1 is 1.15 bits per heavy atom. The van der Waals surface area contributed by atoms with Crippen molar-refractivity contribution in [3.8, 4) is 11.8 Å². The van der Waals surface area contributed by atoms with Crippen molar-refractivity contribution < 1.29 is 35.8 Å². The topological polar surface area (TPSA) is 63.3 Å². The van der Waals surface area contributed by atoms with E-state index in [2.05, 4.69) is 5.10 Å². The standard InChI is InChI=1S/C18H16Cl2F6N4O2S/c1-29(5-4-13(31-2)32-3)16-15(33-18(24,25)26)12(8-27)28-30(16)14-10(19)6-9(7-11(14)20)17(21,22)23/h6-7,13H,4-5H2,1-3H3. The number of hydrogen-bond acceptors (Lipinski definition) is 6. The normalized spacial score (nSPS) is 12.3. The second-order valence-electron chi connectivity index (χ2n) is 6.47. The predicted molar refractivity (Wildman–Crippen MR) is 111 cm³/mol. The highest BCUT2D eigenvalue weighted by Gasteiger charge is 2.37. The Balaban J connectivity index is 2.72. The minimum atomic E-state index is -4.79. The number of rotatable bonds is 8. The molecule has 0 atom stereocenters. The van der Waals surface area contributed by atoms with Crippen LogP contribution in [-0.4, -0.2) is 49.4 Å². The zero-order valence-electron chi connectivity index (χ0n) is 17.2. The van der Waals surface area contributed by atoms with E-state index in [4.69, 9.17) is 32.7 Å². The van der Waals surface area contributed by atoms with Crippen LogP contribution in [0.3, 0.4) is 0 Å². The van der Waals surface area contributed by atoms with E-state index in [9.17, 15) is 31.6 Å². The summed E-state index contributed by atoms with van der Waals surface area (Å²) in [6.45, 7) is 0.0597. The van der Waals surface area contributed by atoms with E-state index in [0.29, 0.717) is 12.1 Å². The number of anilines is 1. The zero-order valence-corrected chi connectivity index (χ0v) is 19.5. The monoisotopic (exact) mass is 536 g/mol. The summed E-state index contributed by atoms with van der Waals surface area (Å²) < 4.78 is 90.0. The lowest BCUT2D eigenvalue weighted by Crippen LogP contribution is -2.27. The minimum Gasteiger partial charge on any atom is -0.358 e. The van der Waals surface area contributed by atoms with E-state index in [1.807, 2.05) is 0 Å². The zero-order chi connectivity index (χ0) is 25.1. The lowest BCUT2D eigenvalue weighted by molar-refractivity contribution is -0.137. The quantitative estimate of drug-likeness (QED) is 0.230. The van der Waals surface area contributed by atoms with Crippen molar-refractivity contribution >= 4 is 40.8 Å². The van der Waals surface area contributed by atoms with Crippen LogP contribution in [0, 0.1) is 11.3 Å². The van der Waals surface area contributed by atoms with Gasteiger partial charge in [0.25, 0.3) is 0 Å². The maximum absolute atomic E-state index is 13.3. The van der Waals surface area contributed by atoms with Crippen molar-refractivity contribution in [3.63, 3.8) is 0 Å². The number of methoxy groups -OCH3 is 2. The van der Waals surface area contributed by atoms with E-state index >= 15 is 0 Å². The van der Waals surface area contributed by atoms with Gasteiger partial charge in [0.2, 0.25) is 0 Å². The molecule has 0 aliphatic heterocycles. The Labute approximate surface area is 198 Å². The van der Waals surface area contributed by atoms with Gasteiger partial charge in [0.15, 0.2) is 12.0 Å². The first-order valence-electron chi connectivity index (χ1n) is 8.85. The molecule has 33 heavy (non-hydrogen) atoms. The van der Waals surface area contributed by atoms with Gasteiger partial charge in [0.1, 0.15) is 17.6 Å². The molecule has 2 rings (SSSR count). The van der Waals surface area contributed by atoms with Crippen molar-refractivity contribution in [2.45, 2.75) is 29.3 Å². The van der Waals surface area contributed by atoms with E-state index < -0.39 is 55.9 Å². The fraction of sp³-hybridized carbons (Fsp3) is 0.444. The molecular formula is C18H16Cl2F6N4O2S. The Bertz CT molecular complexity index is 1010. The maximum Gasteiger partial charge on any atom is 0.446 e. The number of benzene rings is 1. The highest BCUT2D eigenvalue weighted by molar-refractivity contribution is 8.00. The fourth-order valence-electron chi connectivity index (χ4n) is 2.84. The van der Waals surface area contributed by atoms with Gasteiger partial charge in [0, 0.05) is 34.2 Å². The second-order valence-corrected chi connectivity index (χ2v) is 8.36. The number of nitrogens with zero attached hydrogens (tertiary/aromatic N) is 4. The predicted octanol–water partition coefficient (Wildman–Crippen LogP) is 6.13. The fourth-order valence-corrected chi connectivity index (χ4v) is 4.23. The van der Waals surface area contributed by atoms with Crippen LogP contribution in [0.4, 0.5) is 32.2 Å². The molecule has 0 N–H and O–H groups in total. The number of thioether (sulfide) groups is 1. The molecule has 1 aromatic carbocycles. The first-order chi connectivity index (χ1) is 15.2. The lowest BCUT2D eigenvalue weighted by Gasteiger charge is -2.24. The Morgan fingerprint density at radius 2 is 1.70 bits per heavy atom. The van der Waals surface area contributed by atoms with Crippen LogP contribution in [0.2, 0.25) is 10.0 Å². The van der Waals surface area contributed by atoms with Crippen molar-refractivity contribution in [1.29, 1.82) is 5.26 Å². The molecule has 0 saturated carbocycles. The summed E-state index contributed by atoms with van der Waals surface area (Å²) in [4.78, 5) is 0.753. The number of aromatic nitrogens is 2. The smallest absolute Gasteiger partial charge is 0.358 e. The van der Waals surface area contributed by atoms with Crippen molar-refractivity contribution in [2.75, 3.05) is 32.7 Å². The Kier molecular flexibility index (Phi) is 8.80. The van der Waals surface area contributed by atoms with E-state index in [-0.39, 0.29) is 24.5 Å². The maximum atomic E-state index is 13.3. The summed E-state index contributed by atoms with van der Waals surface area (Å²) in [7, 11) is 4.15. The molecule has 0 bridgehead atoms. The summed E-state index contributed by atoms with van der Waals surface area (Å²) in [5.41, 5.74) is -6.86. The second kappa shape index (κ2) is 10.6. The molecule has 0 aliphatic carbocycles. The van der Waals surface area contributed by atoms with Gasteiger partial charge in [-0.15, -0.1) is 0 Å². The number of nitriles is 1. The Morgan fingerprint density at radius 3 is 2.12 bits per heavy atom. The van der Waals surface area contributed by atoms with Gasteiger partial charge >= 0.3 is 11.7 Å². The molecule has 0 aliphatic rings. The average Bonchev–Trinajstić information content (AvgIpc) is 3.03. The van der Waals surface area contributed by atoms with Crippen LogP contribution in [0.15, 0.2) is 17.0 Å². The highest BCUT2D eigenvalue weighted by atomic mass is 35.5. The molecule has 182 valence electrons. The van der Waals surface area contributed by atoms with Gasteiger partial charge in [-0.25, -0.2) is 4.68 Å². The van der Waals surface area contributed by atoms with Gasteiger partial charge in [-0.2, -0.15) is 36.7 Å². The summed E-state index contributed by atoms with van der Waals surface area (Å²) in [5, 5.41) is 12.2. The van der Waals surface area contributed by atoms with Crippen molar-refractivity contribution in [1.82, 2.24) is 9.78 Å². The average molecular weight is 537 g/mol. The van der Waals surface area contributed by atoms with Crippen molar-refractivity contribution in [3.05, 3.63) is 33.4 Å². The first kappa shape index (κ1) is 27.4. The molecule has 0 radical (unpaired) electrons. The van der Waals surface area contributed by atoms with Gasteiger partial charge in [-0.1, -0.05) is 23.2 Å². The molecule has 1 heterocycles. The van der Waals surface area contributed by atoms with Crippen LogP contribution < -0.4 is 4.90 Å². The highest BCUT2D eigenvalue weighted by Crippen LogP contribution is 2.46. The van der Waals surface area contributed by atoms with Gasteiger partial charge < -0.3 is 14.4 Å².